The molecule has 0 bridgehead atoms. The molecule has 2 heteroatoms. The quantitative estimate of drug-likeness (QED) is 0.468. The third-order valence-electron chi connectivity index (χ3n) is 2.07. The van der Waals surface area contributed by atoms with Gasteiger partial charge in [-0.15, -0.1) is 0 Å². The molecular weight excluding hydrogens is 164 g/mol. The fourth-order valence-corrected chi connectivity index (χ4v) is 1.57. The molecule has 0 spiro atoms. The van der Waals surface area contributed by atoms with E-state index in [1.54, 1.807) is 0 Å². The third-order valence-corrected chi connectivity index (χ3v) is 2.07. The molecule has 0 aromatic carbocycles. The molecule has 0 N–H and O–H groups in total. The van der Waals surface area contributed by atoms with Crippen LogP contribution in [0.25, 0.3) is 0 Å². The van der Waals surface area contributed by atoms with Crippen molar-refractivity contribution in [2.24, 2.45) is 0 Å². The van der Waals surface area contributed by atoms with Gasteiger partial charge in [-0.25, -0.2) is 4.79 Å². The Labute approximate surface area is 81.0 Å². The van der Waals surface area contributed by atoms with Crippen molar-refractivity contribution in [2.75, 3.05) is 0 Å². The summed E-state index contributed by atoms with van der Waals surface area (Å²) in [5.74, 6) is -0.315. The fourth-order valence-electron chi connectivity index (χ4n) is 1.57. The third kappa shape index (κ3) is 4.71. The van der Waals surface area contributed by atoms with Crippen molar-refractivity contribution in [1.82, 2.24) is 0 Å². The van der Waals surface area contributed by atoms with E-state index in [1.165, 1.54) is 6.08 Å². The molecule has 0 radical (unpaired) electrons. The number of esters is 1. The fraction of sp³-hybridized carbons (Fsp3) is 0.727. The summed E-state index contributed by atoms with van der Waals surface area (Å²) in [5.41, 5.74) is -0.297. The van der Waals surface area contributed by atoms with E-state index in [0.29, 0.717) is 0 Å². The predicted molar refractivity (Wildman–Crippen MR) is 54.5 cm³/mol. The number of rotatable bonds is 6. The second-order valence-corrected chi connectivity index (χ2v) is 3.58. The van der Waals surface area contributed by atoms with Crippen LogP contribution in [-0.4, -0.2) is 11.6 Å². The average Bonchev–Trinajstić information content (AvgIpc) is 2.04. The molecule has 0 saturated heterocycles. The van der Waals surface area contributed by atoms with E-state index >= 15 is 0 Å². The lowest BCUT2D eigenvalue weighted by molar-refractivity contribution is -0.153. The molecule has 0 unspecified atom stereocenters. The Bertz CT molecular complexity index is 167. The van der Waals surface area contributed by atoms with Crippen LogP contribution in [0, 0.1) is 0 Å². The van der Waals surface area contributed by atoms with Gasteiger partial charge in [0.05, 0.1) is 0 Å². The van der Waals surface area contributed by atoms with Crippen LogP contribution in [-0.2, 0) is 9.53 Å². The van der Waals surface area contributed by atoms with Gasteiger partial charge in [0.1, 0.15) is 5.60 Å². The highest BCUT2D eigenvalue weighted by molar-refractivity contribution is 5.81. The monoisotopic (exact) mass is 184 g/mol. The highest BCUT2D eigenvalue weighted by Gasteiger charge is 2.25. The number of carbonyl (C=O) groups is 1. The first-order valence-corrected chi connectivity index (χ1v) is 4.93. The summed E-state index contributed by atoms with van der Waals surface area (Å²) in [5, 5.41) is 0. The number of hydrogen-bond acceptors (Lipinski definition) is 2. The van der Waals surface area contributed by atoms with Crippen LogP contribution in [0.1, 0.15) is 46.5 Å². The summed E-state index contributed by atoms with van der Waals surface area (Å²) < 4.78 is 5.31. The maximum absolute atomic E-state index is 11.0. The van der Waals surface area contributed by atoms with Gasteiger partial charge in [0.25, 0.3) is 0 Å². The first kappa shape index (κ1) is 12.2. The van der Waals surface area contributed by atoms with Gasteiger partial charge in [0.2, 0.25) is 0 Å². The summed E-state index contributed by atoms with van der Waals surface area (Å²) >= 11 is 0. The molecule has 0 aromatic rings. The largest absolute Gasteiger partial charge is 0.456 e. The molecule has 0 aliphatic carbocycles. The Kier molecular flexibility index (Phi) is 5.44. The first-order chi connectivity index (χ1) is 6.08. The van der Waals surface area contributed by atoms with E-state index in [9.17, 15) is 4.79 Å². The van der Waals surface area contributed by atoms with Crippen LogP contribution in [0.5, 0.6) is 0 Å². The van der Waals surface area contributed by atoms with Gasteiger partial charge >= 0.3 is 5.97 Å². The zero-order chi connectivity index (χ0) is 10.3. The second-order valence-electron chi connectivity index (χ2n) is 3.58. The van der Waals surface area contributed by atoms with Crippen LogP contribution in [0.15, 0.2) is 12.7 Å². The molecular formula is C11H20O2. The molecule has 0 saturated carbocycles. The highest BCUT2D eigenvalue weighted by atomic mass is 16.6. The normalized spacial score (nSPS) is 11.0. The van der Waals surface area contributed by atoms with Crippen molar-refractivity contribution in [1.29, 1.82) is 0 Å². The standard InChI is InChI=1S/C11H20O2/c1-5-8-11(4,9-6-2)13-10(12)7-3/h7H,3,5-6,8-9H2,1-2,4H3. The Hall–Kier alpha value is -0.790. The van der Waals surface area contributed by atoms with Crippen molar-refractivity contribution < 1.29 is 9.53 Å². The predicted octanol–water partition coefficient (Wildman–Crippen LogP) is 3.07. The summed E-state index contributed by atoms with van der Waals surface area (Å²) in [7, 11) is 0. The minimum atomic E-state index is -0.315. The summed E-state index contributed by atoms with van der Waals surface area (Å²) in [4.78, 5) is 11.0. The van der Waals surface area contributed by atoms with Crippen LogP contribution in [0.3, 0.4) is 0 Å². The Morgan fingerprint density at radius 2 is 1.85 bits per heavy atom. The number of hydrogen-bond donors (Lipinski definition) is 0. The van der Waals surface area contributed by atoms with Crippen LogP contribution in [0.2, 0.25) is 0 Å². The first-order valence-electron chi connectivity index (χ1n) is 4.93. The molecule has 76 valence electrons. The minimum Gasteiger partial charge on any atom is -0.456 e. The van der Waals surface area contributed by atoms with Crippen molar-refractivity contribution in [3.63, 3.8) is 0 Å². The van der Waals surface area contributed by atoms with Crippen LogP contribution in [0.4, 0.5) is 0 Å². The molecule has 0 fully saturated rings. The van der Waals surface area contributed by atoms with E-state index in [-0.39, 0.29) is 11.6 Å². The van der Waals surface area contributed by atoms with E-state index in [2.05, 4.69) is 20.4 Å². The minimum absolute atomic E-state index is 0.297. The van der Waals surface area contributed by atoms with Crippen LogP contribution >= 0.6 is 0 Å². The number of carbonyl (C=O) groups excluding carboxylic acids is 1. The molecule has 13 heavy (non-hydrogen) atoms. The number of ether oxygens (including phenoxy) is 1. The van der Waals surface area contributed by atoms with Crippen molar-refractivity contribution in [2.45, 2.75) is 52.1 Å². The van der Waals surface area contributed by atoms with Gasteiger partial charge in [-0.2, -0.15) is 0 Å². The maximum Gasteiger partial charge on any atom is 0.330 e. The van der Waals surface area contributed by atoms with E-state index in [4.69, 9.17) is 4.74 Å². The van der Waals surface area contributed by atoms with Gasteiger partial charge in [0.15, 0.2) is 0 Å². The molecule has 0 amide bonds. The Balaban J connectivity index is 4.21. The molecule has 0 atom stereocenters. The molecule has 0 aliphatic heterocycles. The van der Waals surface area contributed by atoms with Gasteiger partial charge in [-0.05, 0) is 19.8 Å². The lowest BCUT2D eigenvalue weighted by atomic mass is 9.95. The maximum atomic E-state index is 11.0. The summed E-state index contributed by atoms with van der Waals surface area (Å²) in [6.45, 7) is 9.56. The second kappa shape index (κ2) is 5.79. The molecule has 0 rings (SSSR count). The summed E-state index contributed by atoms with van der Waals surface area (Å²) in [6, 6.07) is 0. The molecule has 0 heterocycles. The van der Waals surface area contributed by atoms with E-state index in [0.717, 1.165) is 25.7 Å². The average molecular weight is 184 g/mol. The zero-order valence-corrected chi connectivity index (χ0v) is 8.93. The van der Waals surface area contributed by atoms with E-state index in [1.807, 2.05) is 6.92 Å². The lowest BCUT2D eigenvalue weighted by Crippen LogP contribution is -2.30. The van der Waals surface area contributed by atoms with Gasteiger partial charge in [0, 0.05) is 6.08 Å². The topological polar surface area (TPSA) is 26.3 Å². The van der Waals surface area contributed by atoms with Crippen molar-refractivity contribution in [3.8, 4) is 0 Å². The van der Waals surface area contributed by atoms with Gasteiger partial charge in [-0.3, -0.25) is 0 Å². The Morgan fingerprint density at radius 1 is 1.38 bits per heavy atom. The molecule has 0 aliphatic rings. The smallest absolute Gasteiger partial charge is 0.330 e. The van der Waals surface area contributed by atoms with Crippen molar-refractivity contribution >= 4 is 5.97 Å². The Morgan fingerprint density at radius 3 is 2.15 bits per heavy atom. The van der Waals surface area contributed by atoms with Gasteiger partial charge < -0.3 is 4.74 Å². The molecule has 0 aromatic heterocycles. The lowest BCUT2D eigenvalue weighted by Gasteiger charge is -2.28. The zero-order valence-electron chi connectivity index (χ0n) is 8.93. The van der Waals surface area contributed by atoms with Gasteiger partial charge in [-0.1, -0.05) is 33.3 Å². The van der Waals surface area contributed by atoms with E-state index < -0.39 is 0 Å². The SMILES string of the molecule is C=CC(=O)OC(C)(CCC)CCC. The summed E-state index contributed by atoms with van der Waals surface area (Å²) in [6.07, 6.45) is 5.12. The highest BCUT2D eigenvalue weighted by Crippen LogP contribution is 2.23. The van der Waals surface area contributed by atoms with Crippen LogP contribution < -0.4 is 0 Å². The molecule has 2 nitrogen and oxygen atoms in total. The van der Waals surface area contributed by atoms with Crippen molar-refractivity contribution in [3.05, 3.63) is 12.7 Å².